The molecule has 1 aromatic carbocycles. The summed E-state index contributed by atoms with van der Waals surface area (Å²) < 4.78 is 11.1. The highest BCUT2D eigenvalue weighted by Gasteiger charge is 2.05. The van der Waals surface area contributed by atoms with E-state index >= 15 is 0 Å². The molecule has 0 atom stereocenters. The van der Waals surface area contributed by atoms with Crippen LogP contribution in [0.2, 0.25) is 0 Å². The molecule has 0 aliphatic rings. The van der Waals surface area contributed by atoms with E-state index in [4.69, 9.17) is 9.47 Å². The number of ether oxygens (including phenoxy) is 2. The molecule has 0 saturated carbocycles. The summed E-state index contributed by atoms with van der Waals surface area (Å²) in [5.74, 6) is 2.33. The van der Waals surface area contributed by atoms with Gasteiger partial charge in [0.2, 0.25) is 0 Å². The molecule has 0 amide bonds. The largest absolute Gasteiger partial charge is 0.493 e. The topological polar surface area (TPSA) is 43.4 Å². The van der Waals surface area contributed by atoms with E-state index in [0.29, 0.717) is 6.61 Å². The Morgan fingerprint density at radius 2 is 2.00 bits per heavy atom. The van der Waals surface area contributed by atoms with Gasteiger partial charge in [0.1, 0.15) is 12.4 Å². The summed E-state index contributed by atoms with van der Waals surface area (Å²) in [5.41, 5.74) is 2.20. The highest BCUT2D eigenvalue weighted by molar-refractivity contribution is 5.43. The van der Waals surface area contributed by atoms with Crippen molar-refractivity contribution >= 4 is 5.82 Å². The third kappa shape index (κ3) is 3.37. The van der Waals surface area contributed by atoms with Gasteiger partial charge in [-0.1, -0.05) is 6.07 Å². The number of methoxy groups -OCH3 is 1. The van der Waals surface area contributed by atoms with Crippen LogP contribution in [0.5, 0.6) is 11.5 Å². The van der Waals surface area contributed by atoms with Crippen molar-refractivity contribution in [3.05, 3.63) is 47.7 Å². The Hall–Kier alpha value is -2.23. The lowest BCUT2D eigenvalue weighted by Gasteiger charge is -2.11. The monoisotopic (exact) mass is 258 g/mol. The van der Waals surface area contributed by atoms with E-state index in [0.717, 1.165) is 28.4 Å². The van der Waals surface area contributed by atoms with E-state index in [9.17, 15) is 0 Å². The minimum absolute atomic E-state index is 0.483. The second kappa shape index (κ2) is 6.09. The van der Waals surface area contributed by atoms with Gasteiger partial charge in [0, 0.05) is 13.2 Å². The Morgan fingerprint density at radius 1 is 1.16 bits per heavy atom. The number of nitrogens with one attached hydrogen (secondary N) is 1. The number of nitrogens with zero attached hydrogens (tertiary/aromatic N) is 1. The summed E-state index contributed by atoms with van der Waals surface area (Å²) in [4.78, 5) is 4.17. The standard InChI is InChI=1S/C15H18N2O2/c1-11-4-5-13(14(8-11)18-3)19-10-12-6-7-17-15(9-12)16-2/h4-9H,10H2,1-3H3,(H,16,17). The molecule has 2 rings (SSSR count). The van der Waals surface area contributed by atoms with Crippen molar-refractivity contribution in [2.75, 3.05) is 19.5 Å². The molecular formula is C15H18N2O2. The first-order valence-electron chi connectivity index (χ1n) is 6.13. The molecule has 0 saturated heterocycles. The van der Waals surface area contributed by atoms with Gasteiger partial charge in [-0.05, 0) is 42.3 Å². The van der Waals surface area contributed by atoms with Gasteiger partial charge in [-0.25, -0.2) is 4.98 Å². The van der Waals surface area contributed by atoms with Crippen LogP contribution >= 0.6 is 0 Å². The second-order valence-electron chi connectivity index (χ2n) is 4.24. The van der Waals surface area contributed by atoms with Crippen LogP contribution < -0.4 is 14.8 Å². The van der Waals surface area contributed by atoms with Crippen LogP contribution in [0.25, 0.3) is 0 Å². The maximum Gasteiger partial charge on any atom is 0.161 e. The highest BCUT2D eigenvalue weighted by atomic mass is 16.5. The molecule has 100 valence electrons. The second-order valence-corrected chi connectivity index (χ2v) is 4.24. The number of rotatable bonds is 5. The van der Waals surface area contributed by atoms with Crippen LogP contribution in [0, 0.1) is 6.92 Å². The molecule has 1 N–H and O–H groups in total. The quantitative estimate of drug-likeness (QED) is 0.895. The first-order chi connectivity index (χ1) is 9.22. The van der Waals surface area contributed by atoms with Gasteiger partial charge in [-0.3, -0.25) is 0 Å². The summed E-state index contributed by atoms with van der Waals surface area (Å²) in [5, 5.41) is 3.00. The predicted molar refractivity (Wildman–Crippen MR) is 75.8 cm³/mol. The first kappa shape index (κ1) is 13.2. The van der Waals surface area contributed by atoms with E-state index in [1.165, 1.54) is 0 Å². The van der Waals surface area contributed by atoms with Crippen molar-refractivity contribution in [2.45, 2.75) is 13.5 Å². The zero-order valence-corrected chi connectivity index (χ0v) is 11.4. The molecule has 1 heterocycles. The lowest BCUT2D eigenvalue weighted by Crippen LogP contribution is -2.00. The number of benzene rings is 1. The van der Waals surface area contributed by atoms with Gasteiger partial charge in [0.25, 0.3) is 0 Å². The molecule has 4 heteroatoms. The molecule has 0 radical (unpaired) electrons. The fourth-order valence-electron chi connectivity index (χ4n) is 1.76. The van der Waals surface area contributed by atoms with Gasteiger partial charge >= 0.3 is 0 Å². The summed E-state index contributed by atoms with van der Waals surface area (Å²) in [6.45, 7) is 2.50. The summed E-state index contributed by atoms with van der Waals surface area (Å²) in [6.07, 6.45) is 1.76. The molecule has 0 fully saturated rings. The molecule has 2 aromatic rings. The van der Waals surface area contributed by atoms with E-state index < -0.39 is 0 Å². The van der Waals surface area contributed by atoms with E-state index in [-0.39, 0.29) is 0 Å². The van der Waals surface area contributed by atoms with Crippen molar-refractivity contribution in [2.24, 2.45) is 0 Å². The Labute approximate surface area is 113 Å². The number of aryl methyl sites for hydroxylation is 1. The molecule has 0 unspecified atom stereocenters. The third-order valence-corrected chi connectivity index (χ3v) is 2.79. The van der Waals surface area contributed by atoms with Crippen LogP contribution in [-0.4, -0.2) is 19.1 Å². The minimum Gasteiger partial charge on any atom is -0.493 e. The van der Waals surface area contributed by atoms with Crippen LogP contribution in [0.4, 0.5) is 5.82 Å². The zero-order valence-electron chi connectivity index (χ0n) is 11.4. The summed E-state index contributed by atoms with van der Waals surface area (Å²) in [7, 11) is 3.49. The van der Waals surface area contributed by atoms with Gasteiger partial charge in [-0.15, -0.1) is 0 Å². The highest BCUT2D eigenvalue weighted by Crippen LogP contribution is 2.28. The van der Waals surface area contributed by atoms with Gasteiger partial charge in [-0.2, -0.15) is 0 Å². The maximum absolute atomic E-state index is 5.79. The Kier molecular flexibility index (Phi) is 4.23. The minimum atomic E-state index is 0.483. The van der Waals surface area contributed by atoms with Crippen LogP contribution in [0.1, 0.15) is 11.1 Å². The normalized spacial score (nSPS) is 10.1. The van der Waals surface area contributed by atoms with E-state index in [1.54, 1.807) is 13.3 Å². The first-order valence-corrected chi connectivity index (χ1v) is 6.13. The molecular weight excluding hydrogens is 240 g/mol. The Morgan fingerprint density at radius 3 is 2.74 bits per heavy atom. The van der Waals surface area contributed by atoms with Gasteiger partial charge < -0.3 is 14.8 Å². The fraction of sp³-hybridized carbons (Fsp3) is 0.267. The van der Waals surface area contributed by atoms with Crippen molar-refractivity contribution in [3.8, 4) is 11.5 Å². The SMILES string of the molecule is CNc1cc(COc2ccc(C)cc2OC)ccn1. The fourth-order valence-corrected chi connectivity index (χ4v) is 1.76. The molecule has 0 bridgehead atoms. The van der Waals surface area contributed by atoms with Gasteiger partial charge in [0.05, 0.1) is 7.11 Å². The van der Waals surface area contributed by atoms with Crippen LogP contribution in [-0.2, 0) is 6.61 Å². The van der Waals surface area contributed by atoms with Crippen LogP contribution in [0.3, 0.4) is 0 Å². The average molecular weight is 258 g/mol. The predicted octanol–water partition coefficient (Wildman–Crippen LogP) is 3.02. The number of anilines is 1. The number of hydrogen-bond donors (Lipinski definition) is 1. The molecule has 0 spiro atoms. The smallest absolute Gasteiger partial charge is 0.161 e. The average Bonchev–Trinajstić information content (AvgIpc) is 2.46. The van der Waals surface area contributed by atoms with Crippen molar-refractivity contribution in [1.29, 1.82) is 0 Å². The third-order valence-electron chi connectivity index (χ3n) is 2.79. The Balaban J connectivity index is 2.09. The summed E-state index contributed by atoms with van der Waals surface area (Å²) >= 11 is 0. The molecule has 0 aliphatic heterocycles. The lowest BCUT2D eigenvalue weighted by atomic mass is 10.2. The van der Waals surface area contributed by atoms with E-state index in [1.807, 2.05) is 44.3 Å². The Bertz CT molecular complexity index is 556. The molecule has 4 nitrogen and oxygen atoms in total. The number of pyridine rings is 1. The molecule has 0 aliphatic carbocycles. The maximum atomic E-state index is 5.79. The molecule has 1 aromatic heterocycles. The lowest BCUT2D eigenvalue weighted by molar-refractivity contribution is 0.284. The zero-order chi connectivity index (χ0) is 13.7. The number of aromatic nitrogens is 1. The molecule has 19 heavy (non-hydrogen) atoms. The summed E-state index contributed by atoms with van der Waals surface area (Å²) in [6, 6.07) is 9.78. The van der Waals surface area contributed by atoms with Crippen molar-refractivity contribution < 1.29 is 9.47 Å². The van der Waals surface area contributed by atoms with E-state index in [2.05, 4.69) is 10.3 Å². The van der Waals surface area contributed by atoms with Crippen molar-refractivity contribution in [3.63, 3.8) is 0 Å². The van der Waals surface area contributed by atoms with Crippen molar-refractivity contribution in [1.82, 2.24) is 4.98 Å². The number of hydrogen-bond acceptors (Lipinski definition) is 4. The van der Waals surface area contributed by atoms with Gasteiger partial charge in [0.15, 0.2) is 11.5 Å². The van der Waals surface area contributed by atoms with Crippen LogP contribution in [0.15, 0.2) is 36.5 Å².